The van der Waals surface area contributed by atoms with E-state index in [1.807, 2.05) is 18.7 Å². The van der Waals surface area contributed by atoms with Crippen molar-refractivity contribution in [1.82, 2.24) is 10.2 Å². The zero-order valence-electron chi connectivity index (χ0n) is 11.1. The Morgan fingerprint density at radius 2 is 2.17 bits per heavy atom. The number of aliphatic carboxylic acids is 1. The number of amides is 2. The molecule has 1 saturated heterocycles. The highest BCUT2D eigenvalue weighted by molar-refractivity contribution is 5.83. The molecule has 1 aliphatic heterocycles. The number of likely N-dealkylation sites (tertiary alicyclic amines) is 1. The maximum atomic E-state index is 12.1. The van der Waals surface area contributed by atoms with E-state index < -0.39 is 12.0 Å². The summed E-state index contributed by atoms with van der Waals surface area (Å²) in [5, 5.41) is 11.8. The summed E-state index contributed by atoms with van der Waals surface area (Å²) in [7, 11) is 0. The lowest BCUT2D eigenvalue weighted by molar-refractivity contribution is -0.140. The number of nitrogens with one attached hydrogen (secondary N) is 1. The van der Waals surface area contributed by atoms with Crippen LogP contribution in [-0.4, -0.2) is 40.6 Å². The molecule has 0 spiro atoms. The maximum absolute atomic E-state index is 12.1. The first-order valence-corrected chi connectivity index (χ1v) is 6.82. The average molecular weight is 254 g/mol. The fourth-order valence-corrected chi connectivity index (χ4v) is 3.07. The standard InChI is InChI=1S/C13H22N2O3/c1-3-8(2)11(12(16)17)14-13(18)15-7-9-4-5-10(15)6-9/h8-11H,3-7H2,1-2H3,(H,14,18)(H,16,17)/t8-,9?,10?,11-/m0/s1. The summed E-state index contributed by atoms with van der Waals surface area (Å²) in [6.45, 7) is 4.59. The summed E-state index contributed by atoms with van der Waals surface area (Å²) in [4.78, 5) is 25.1. The Kier molecular flexibility index (Phi) is 3.78. The van der Waals surface area contributed by atoms with Gasteiger partial charge in [0.2, 0.25) is 0 Å². The molecule has 5 heteroatoms. The molecule has 2 N–H and O–H groups in total. The summed E-state index contributed by atoms with van der Waals surface area (Å²) >= 11 is 0. The molecule has 1 heterocycles. The summed E-state index contributed by atoms with van der Waals surface area (Å²) in [6, 6.07) is -0.641. The Labute approximate surface area is 108 Å². The molecule has 0 aromatic heterocycles. The average Bonchev–Trinajstić information content (AvgIpc) is 2.96. The molecule has 2 rings (SSSR count). The normalized spacial score (nSPS) is 29.1. The molecule has 2 aliphatic rings. The lowest BCUT2D eigenvalue weighted by Gasteiger charge is -2.30. The van der Waals surface area contributed by atoms with Gasteiger partial charge in [0, 0.05) is 12.6 Å². The number of hydrogen-bond donors (Lipinski definition) is 2. The highest BCUT2D eigenvalue weighted by Gasteiger charge is 2.41. The van der Waals surface area contributed by atoms with E-state index in [0.29, 0.717) is 12.0 Å². The number of piperidine rings is 1. The molecule has 2 unspecified atom stereocenters. The minimum absolute atomic E-state index is 0.0498. The molecule has 0 aromatic rings. The van der Waals surface area contributed by atoms with Crippen molar-refractivity contribution < 1.29 is 14.7 Å². The molecular weight excluding hydrogens is 232 g/mol. The van der Waals surface area contributed by atoms with Crippen LogP contribution >= 0.6 is 0 Å². The van der Waals surface area contributed by atoms with E-state index in [4.69, 9.17) is 5.11 Å². The molecule has 2 fully saturated rings. The SMILES string of the molecule is CC[C@H](C)[C@H](NC(=O)N1CC2CCC1C2)C(=O)O. The monoisotopic (exact) mass is 254 g/mol. The molecule has 4 atom stereocenters. The van der Waals surface area contributed by atoms with E-state index in [-0.39, 0.29) is 11.9 Å². The topological polar surface area (TPSA) is 69.6 Å². The lowest BCUT2D eigenvalue weighted by Crippen LogP contribution is -2.52. The van der Waals surface area contributed by atoms with Gasteiger partial charge in [0.05, 0.1) is 0 Å². The summed E-state index contributed by atoms with van der Waals surface area (Å²) < 4.78 is 0. The van der Waals surface area contributed by atoms with Gasteiger partial charge in [-0.3, -0.25) is 0 Å². The van der Waals surface area contributed by atoms with Crippen LogP contribution in [0.25, 0.3) is 0 Å². The van der Waals surface area contributed by atoms with Gasteiger partial charge in [-0.15, -0.1) is 0 Å². The van der Waals surface area contributed by atoms with Gasteiger partial charge in [-0.25, -0.2) is 9.59 Å². The molecule has 2 amide bonds. The Morgan fingerprint density at radius 3 is 2.61 bits per heavy atom. The molecule has 5 nitrogen and oxygen atoms in total. The largest absolute Gasteiger partial charge is 0.480 e. The van der Waals surface area contributed by atoms with Gasteiger partial charge >= 0.3 is 12.0 Å². The van der Waals surface area contributed by atoms with Gasteiger partial charge in [-0.05, 0) is 31.1 Å². The number of hydrogen-bond acceptors (Lipinski definition) is 2. The van der Waals surface area contributed by atoms with Crippen LogP contribution in [0.2, 0.25) is 0 Å². The van der Waals surface area contributed by atoms with Crippen LogP contribution < -0.4 is 5.32 Å². The smallest absolute Gasteiger partial charge is 0.326 e. The van der Waals surface area contributed by atoms with Crippen molar-refractivity contribution in [2.24, 2.45) is 11.8 Å². The fourth-order valence-electron chi connectivity index (χ4n) is 3.07. The second kappa shape index (κ2) is 5.16. The van der Waals surface area contributed by atoms with Crippen molar-refractivity contribution >= 4 is 12.0 Å². The van der Waals surface area contributed by atoms with E-state index in [1.165, 1.54) is 6.42 Å². The van der Waals surface area contributed by atoms with Crippen LogP contribution in [0.5, 0.6) is 0 Å². The number of carboxylic acid groups (broad SMARTS) is 1. The molecule has 1 saturated carbocycles. The van der Waals surface area contributed by atoms with E-state index in [9.17, 15) is 9.59 Å². The molecule has 102 valence electrons. The third kappa shape index (κ3) is 2.44. The molecule has 0 aromatic carbocycles. The summed E-state index contributed by atoms with van der Waals surface area (Å²) in [5.41, 5.74) is 0. The van der Waals surface area contributed by atoms with Crippen molar-refractivity contribution in [2.45, 2.75) is 51.6 Å². The van der Waals surface area contributed by atoms with Crippen molar-refractivity contribution in [3.8, 4) is 0 Å². The van der Waals surface area contributed by atoms with Crippen LogP contribution in [0.4, 0.5) is 4.79 Å². The van der Waals surface area contributed by atoms with E-state index in [2.05, 4.69) is 5.32 Å². The van der Waals surface area contributed by atoms with Gasteiger partial charge in [-0.2, -0.15) is 0 Å². The van der Waals surface area contributed by atoms with E-state index in [0.717, 1.165) is 25.8 Å². The number of carbonyl (C=O) groups is 2. The first kappa shape index (κ1) is 13.2. The molecule has 0 radical (unpaired) electrons. The van der Waals surface area contributed by atoms with E-state index >= 15 is 0 Å². The van der Waals surface area contributed by atoms with Crippen molar-refractivity contribution in [2.75, 3.05) is 6.54 Å². The Bertz CT molecular complexity index is 345. The molecule has 2 bridgehead atoms. The Morgan fingerprint density at radius 1 is 1.44 bits per heavy atom. The van der Waals surface area contributed by atoms with Crippen LogP contribution in [0.15, 0.2) is 0 Å². The first-order chi connectivity index (χ1) is 8.52. The predicted molar refractivity (Wildman–Crippen MR) is 67.2 cm³/mol. The zero-order valence-corrected chi connectivity index (χ0v) is 11.1. The van der Waals surface area contributed by atoms with Gasteiger partial charge in [0.15, 0.2) is 0 Å². The molecular formula is C13H22N2O3. The molecule has 1 aliphatic carbocycles. The molecule has 18 heavy (non-hydrogen) atoms. The highest BCUT2D eigenvalue weighted by atomic mass is 16.4. The number of nitrogens with zero attached hydrogens (tertiary/aromatic N) is 1. The summed E-state index contributed by atoms with van der Waals surface area (Å²) in [6.07, 6.45) is 4.11. The van der Waals surface area contributed by atoms with Gasteiger partial charge in [0.1, 0.15) is 6.04 Å². The lowest BCUT2D eigenvalue weighted by atomic mass is 9.99. The number of urea groups is 1. The number of rotatable bonds is 4. The van der Waals surface area contributed by atoms with Crippen molar-refractivity contribution in [3.63, 3.8) is 0 Å². The van der Waals surface area contributed by atoms with Crippen LogP contribution in [0, 0.1) is 11.8 Å². The predicted octanol–water partition coefficient (Wildman–Crippen LogP) is 1.68. The second-order valence-electron chi connectivity index (χ2n) is 5.64. The number of fused-ring (bicyclic) bond motifs is 2. The van der Waals surface area contributed by atoms with Crippen LogP contribution in [0.1, 0.15) is 39.5 Å². The minimum Gasteiger partial charge on any atom is -0.480 e. The third-order valence-corrected chi connectivity index (χ3v) is 4.43. The quantitative estimate of drug-likeness (QED) is 0.802. The van der Waals surface area contributed by atoms with Gasteiger partial charge in [-0.1, -0.05) is 20.3 Å². The van der Waals surface area contributed by atoms with Crippen LogP contribution in [-0.2, 0) is 4.79 Å². The Balaban J connectivity index is 1.95. The van der Waals surface area contributed by atoms with Crippen LogP contribution in [0.3, 0.4) is 0 Å². The van der Waals surface area contributed by atoms with Gasteiger partial charge in [0.25, 0.3) is 0 Å². The first-order valence-electron chi connectivity index (χ1n) is 6.82. The highest BCUT2D eigenvalue weighted by Crippen LogP contribution is 2.37. The summed E-state index contributed by atoms with van der Waals surface area (Å²) in [5.74, 6) is -0.360. The van der Waals surface area contributed by atoms with Crippen molar-refractivity contribution in [1.29, 1.82) is 0 Å². The number of carboxylic acids is 1. The zero-order chi connectivity index (χ0) is 13.3. The third-order valence-electron chi connectivity index (χ3n) is 4.43. The van der Waals surface area contributed by atoms with E-state index in [1.54, 1.807) is 0 Å². The maximum Gasteiger partial charge on any atom is 0.326 e. The van der Waals surface area contributed by atoms with Crippen molar-refractivity contribution in [3.05, 3.63) is 0 Å². The Hall–Kier alpha value is -1.26. The number of carbonyl (C=O) groups excluding carboxylic acids is 1. The second-order valence-corrected chi connectivity index (χ2v) is 5.64. The minimum atomic E-state index is -0.943. The van der Waals surface area contributed by atoms with Gasteiger partial charge < -0.3 is 15.3 Å². The fraction of sp³-hybridized carbons (Fsp3) is 0.846.